The quantitative estimate of drug-likeness (QED) is 0.781. The van der Waals surface area contributed by atoms with Gasteiger partial charge in [0.25, 0.3) is 0 Å². The Bertz CT molecular complexity index is 403. The Kier molecular flexibility index (Phi) is 7.80. The highest BCUT2D eigenvalue weighted by Crippen LogP contribution is 2.26. The first-order valence-electron chi connectivity index (χ1n) is 7.73. The standard InChI is InChI=1S/C17H25NO4/c1-2-7-18-8-10-19-12-14-21-16-5-3-4-6-17(16)22-15-13-20-11-9-18/h2-6H,1,7-15H2. The molecule has 0 unspecified atom stereocenters. The normalized spacial score (nSPS) is 18.9. The molecule has 0 aromatic heterocycles. The Balaban J connectivity index is 1.87. The van der Waals surface area contributed by atoms with Crippen LogP contribution in [0, 0.1) is 0 Å². The van der Waals surface area contributed by atoms with E-state index in [1.807, 2.05) is 30.3 Å². The van der Waals surface area contributed by atoms with Crippen LogP contribution in [-0.4, -0.2) is 64.2 Å². The van der Waals surface area contributed by atoms with Crippen LogP contribution in [0.2, 0.25) is 0 Å². The molecule has 1 aliphatic heterocycles. The molecule has 0 N–H and O–H groups in total. The maximum atomic E-state index is 5.72. The van der Waals surface area contributed by atoms with Crippen molar-refractivity contribution < 1.29 is 18.9 Å². The Morgan fingerprint density at radius 1 is 0.864 bits per heavy atom. The Morgan fingerprint density at radius 3 is 1.91 bits per heavy atom. The Morgan fingerprint density at radius 2 is 1.41 bits per heavy atom. The fourth-order valence-electron chi connectivity index (χ4n) is 2.18. The number of nitrogens with zero attached hydrogens (tertiary/aromatic N) is 1. The van der Waals surface area contributed by atoms with Gasteiger partial charge < -0.3 is 18.9 Å². The van der Waals surface area contributed by atoms with Crippen LogP contribution in [0.4, 0.5) is 0 Å². The van der Waals surface area contributed by atoms with Gasteiger partial charge in [0.15, 0.2) is 11.5 Å². The summed E-state index contributed by atoms with van der Waals surface area (Å²) < 4.78 is 22.7. The van der Waals surface area contributed by atoms with E-state index in [-0.39, 0.29) is 0 Å². The summed E-state index contributed by atoms with van der Waals surface area (Å²) in [6.07, 6.45) is 1.90. The van der Waals surface area contributed by atoms with Crippen LogP contribution in [-0.2, 0) is 9.47 Å². The summed E-state index contributed by atoms with van der Waals surface area (Å²) >= 11 is 0. The summed E-state index contributed by atoms with van der Waals surface area (Å²) in [5.74, 6) is 1.49. The third kappa shape index (κ3) is 6.05. The first-order chi connectivity index (χ1) is 10.9. The molecule has 1 aromatic carbocycles. The first kappa shape index (κ1) is 16.8. The molecule has 122 valence electrons. The highest BCUT2D eigenvalue weighted by molar-refractivity contribution is 5.39. The van der Waals surface area contributed by atoms with Gasteiger partial charge in [0.2, 0.25) is 0 Å². The van der Waals surface area contributed by atoms with Gasteiger partial charge in [-0.3, -0.25) is 4.90 Å². The van der Waals surface area contributed by atoms with E-state index in [0.717, 1.165) is 31.1 Å². The summed E-state index contributed by atoms with van der Waals surface area (Å²) in [5, 5.41) is 0. The predicted molar refractivity (Wildman–Crippen MR) is 85.7 cm³/mol. The average Bonchev–Trinajstić information content (AvgIpc) is 2.55. The van der Waals surface area contributed by atoms with E-state index < -0.39 is 0 Å². The lowest BCUT2D eigenvalue weighted by atomic mass is 10.3. The molecule has 1 aliphatic rings. The Hall–Kier alpha value is -1.56. The first-order valence-corrected chi connectivity index (χ1v) is 7.73. The van der Waals surface area contributed by atoms with Crippen LogP contribution in [0.15, 0.2) is 36.9 Å². The van der Waals surface area contributed by atoms with Gasteiger partial charge in [-0.05, 0) is 12.1 Å². The fraction of sp³-hybridized carbons (Fsp3) is 0.529. The van der Waals surface area contributed by atoms with E-state index in [1.54, 1.807) is 0 Å². The highest BCUT2D eigenvalue weighted by atomic mass is 16.6. The minimum Gasteiger partial charge on any atom is -0.487 e. The van der Waals surface area contributed by atoms with E-state index in [2.05, 4.69) is 11.5 Å². The zero-order valence-corrected chi connectivity index (χ0v) is 13.0. The zero-order valence-electron chi connectivity index (χ0n) is 13.0. The van der Waals surface area contributed by atoms with Crippen LogP contribution in [0.5, 0.6) is 11.5 Å². The van der Waals surface area contributed by atoms with E-state index in [1.165, 1.54) is 0 Å². The number of ether oxygens (including phenoxy) is 4. The maximum Gasteiger partial charge on any atom is 0.161 e. The number of para-hydroxylation sites is 2. The largest absolute Gasteiger partial charge is 0.487 e. The lowest BCUT2D eigenvalue weighted by Gasteiger charge is -2.20. The monoisotopic (exact) mass is 307 g/mol. The second kappa shape index (κ2) is 10.2. The molecule has 0 atom stereocenters. The molecule has 0 bridgehead atoms. The van der Waals surface area contributed by atoms with Gasteiger partial charge in [0, 0.05) is 19.6 Å². The van der Waals surface area contributed by atoms with Gasteiger partial charge in [-0.2, -0.15) is 0 Å². The highest BCUT2D eigenvalue weighted by Gasteiger charge is 2.06. The van der Waals surface area contributed by atoms with Crippen molar-refractivity contribution in [1.82, 2.24) is 4.90 Å². The molecule has 1 heterocycles. The van der Waals surface area contributed by atoms with Crippen LogP contribution in [0.25, 0.3) is 0 Å². The summed E-state index contributed by atoms with van der Waals surface area (Å²) in [4.78, 5) is 2.25. The zero-order chi connectivity index (χ0) is 15.5. The third-order valence-corrected chi connectivity index (χ3v) is 3.31. The van der Waals surface area contributed by atoms with E-state index in [0.29, 0.717) is 39.6 Å². The molecule has 0 fully saturated rings. The van der Waals surface area contributed by atoms with Gasteiger partial charge >= 0.3 is 0 Å². The van der Waals surface area contributed by atoms with Crippen LogP contribution < -0.4 is 9.47 Å². The molecule has 1 aromatic rings. The number of hydrogen-bond acceptors (Lipinski definition) is 5. The number of rotatable bonds is 2. The van der Waals surface area contributed by atoms with Crippen LogP contribution in [0.3, 0.4) is 0 Å². The molecule has 5 nitrogen and oxygen atoms in total. The van der Waals surface area contributed by atoms with Gasteiger partial charge in [-0.25, -0.2) is 0 Å². The fourth-order valence-corrected chi connectivity index (χ4v) is 2.18. The van der Waals surface area contributed by atoms with Crippen molar-refractivity contribution in [1.29, 1.82) is 0 Å². The SMILES string of the molecule is C=CCN1CCOCCOc2ccccc2OCCOCC1. The Labute approximate surface area is 132 Å². The van der Waals surface area contributed by atoms with Crippen LogP contribution in [0.1, 0.15) is 0 Å². The topological polar surface area (TPSA) is 40.2 Å². The molecule has 0 amide bonds. The van der Waals surface area contributed by atoms with Crippen molar-refractivity contribution in [3.8, 4) is 11.5 Å². The molecular formula is C17H25NO4. The van der Waals surface area contributed by atoms with Crippen molar-refractivity contribution in [2.45, 2.75) is 0 Å². The van der Waals surface area contributed by atoms with E-state index in [4.69, 9.17) is 18.9 Å². The van der Waals surface area contributed by atoms with E-state index in [9.17, 15) is 0 Å². The number of fused-ring (bicyclic) bond motifs is 1. The van der Waals surface area contributed by atoms with Gasteiger partial charge in [-0.15, -0.1) is 6.58 Å². The van der Waals surface area contributed by atoms with Gasteiger partial charge in [0.1, 0.15) is 13.2 Å². The van der Waals surface area contributed by atoms with Crippen molar-refractivity contribution in [3.05, 3.63) is 36.9 Å². The number of benzene rings is 1. The maximum absolute atomic E-state index is 5.72. The van der Waals surface area contributed by atoms with Crippen molar-refractivity contribution in [3.63, 3.8) is 0 Å². The van der Waals surface area contributed by atoms with Gasteiger partial charge in [0.05, 0.1) is 26.4 Å². The summed E-state index contributed by atoms with van der Waals surface area (Å²) in [6, 6.07) is 7.67. The molecule has 5 heteroatoms. The second-order valence-corrected chi connectivity index (χ2v) is 4.96. The van der Waals surface area contributed by atoms with Gasteiger partial charge in [-0.1, -0.05) is 18.2 Å². The molecule has 0 saturated carbocycles. The lowest BCUT2D eigenvalue weighted by Crippen LogP contribution is -2.31. The van der Waals surface area contributed by atoms with E-state index >= 15 is 0 Å². The minimum absolute atomic E-state index is 0.512. The molecule has 0 radical (unpaired) electrons. The second-order valence-electron chi connectivity index (χ2n) is 4.96. The molecule has 22 heavy (non-hydrogen) atoms. The van der Waals surface area contributed by atoms with Crippen molar-refractivity contribution in [2.75, 3.05) is 59.3 Å². The molecular weight excluding hydrogens is 282 g/mol. The molecule has 0 spiro atoms. The molecule has 0 aliphatic carbocycles. The van der Waals surface area contributed by atoms with Crippen LogP contribution >= 0.6 is 0 Å². The van der Waals surface area contributed by atoms with Crippen molar-refractivity contribution >= 4 is 0 Å². The smallest absolute Gasteiger partial charge is 0.161 e. The summed E-state index contributed by atoms with van der Waals surface area (Å²) in [7, 11) is 0. The summed E-state index contributed by atoms with van der Waals surface area (Å²) in [6.45, 7) is 9.85. The molecule has 2 rings (SSSR count). The third-order valence-electron chi connectivity index (χ3n) is 3.31. The average molecular weight is 307 g/mol. The number of hydrogen-bond donors (Lipinski definition) is 0. The summed E-state index contributed by atoms with van der Waals surface area (Å²) in [5.41, 5.74) is 0. The molecule has 0 saturated heterocycles. The van der Waals surface area contributed by atoms with Crippen molar-refractivity contribution in [2.24, 2.45) is 0 Å². The lowest BCUT2D eigenvalue weighted by molar-refractivity contribution is 0.0635. The predicted octanol–water partition coefficient (Wildman–Crippen LogP) is 1.98. The minimum atomic E-state index is 0.512.